The minimum absolute atomic E-state index is 0.0343. The van der Waals surface area contributed by atoms with Gasteiger partial charge in [0.25, 0.3) is 5.91 Å². The van der Waals surface area contributed by atoms with E-state index in [4.69, 9.17) is 0 Å². The van der Waals surface area contributed by atoms with Crippen LogP contribution < -0.4 is 10.2 Å². The maximum atomic E-state index is 12.8. The van der Waals surface area contributed by atoms with E-state index in [9.17, 15) is 14.4 Å². The maximum Gasteiger partial charge on any atom is 0.325 e. The van der Waals surface area contributed by atoms with Crippen LogP contribution >= 0.6 is 11.8 Å². The Kier molecular flexibility index (Phi) is 4.65. The zero-order chi connectivity index (χ0) is 18.1. The molecule has 1 aliphatic carbocycles. The van der Waals surface area contributed by atoms with Crippen LogP contribution in [0.15, 0.2) is 29.2 Å². The average Bonchev–Trinajstić information content (AvgIpc) is 3.11. The first-order chi connectivity index (χ1) is 12.6. The summed E-state index contributed by atoms with van der Waals surface area (Å²) >= 11 is 1.76. The van der Waals surface area contributed by atoms with E-state index in [0.29, 0.717) is 19.4 Å². The molecule has 4 rings (SSSR count). The van der Waals surface area contributed by atoms with Crippen molar-refractivity contribution in [2.24, 2.45) is 0 Å². The van der Waals surface area contributed by atoms with Gasteiger partial charge >= 0.3 is 6.03 Å². The van der Waals surface area contributed by atoms with Crippen LogP contribution in [0.25, 0.3) is 0 Å². The van der Waals surface area contributed by atoms with Crippen molar-refractivity contribution >= 4 is 35.3 Å². The molecule has 0 aromatic heterocycles. The van der Waals surface area contributed by atoms with Gasteiger partial charge in [-0.2, -0.15) is 0 Å². The molecule has 2 heterocycles. The number of imide groups is 1. The Balaban J connectivity index is 1.44. The number of carbonyl (C=O) groups excluding carboxylic acids is 3. The first-order valence-corrected chi connectivity index (χ1v) is 10.3. The largest absolute Gasteiger partial charge is 0.325 e. The predicted octanol–water partition coefficient (Wildman–Crippen LogP) is 2.77. The lowest BCUT2D eigenvalue weighted by Crippen LogP contribution is -2.44. The molecule has 4 amide bonds. The number of benzene rings is 1. The standard InChI is InChI=1S/C19H23N3O3S/c23-16(21-11-5-13-26-15-7-2-1-6-14(15)21)8-12-22-17(24)19(20-18(22)25)9-3-4-10-19/h1-2,6-7H,3-5,8-13H2,(H,20,25). The lowest BCUT2D eigenvalue weighted by molar-refractivity contribution is -0.131. The van der Waals surface area contributed by atoms with Crippen molar-refractivity contribution in [2.75, 3.05) is 23.7 Å². The number of para-hydroxylation sites is 1. The average molecular weight is 373 g/mol. The van der Waals surface area contributed by atoms with Crippen LogP contribution in [0.1, 0.15) is 38.5 Å². The van der Waals surface area contributed by atoms with Gasteiger partial charge in [-0.15, -0.1) is 11.8 Å². The number of anilines is 1. The van der Waals surface area contributed by atoms with E-state index in [1.54, 1.807) is 16.7 Å². The van der Waals surface area contributed by atoms with Gasteiger partial charge < -0.3 is 10.2 Å². The molecule has 138 valence electrons. The van der Waals surface area contributed by atoms with Gasteiger partial charge in [0, 0.05) is 24.4 Å². The van der Waals surface area contributed by atoms with Crippen LogP contribution in [0.3, 0.4) is 0 Å². The Morgan fingerprint density at radius 1 is 1.15 bits per heavy atom. The summed E-state index contributed by atoms with van der Waals surface area (Å²) in [5, 5.41) is 2.87. The highest BCUT2D eigenvalue weighted by molar-refractivity contribution is 7.99. The highest BCUT2D eigenvalue weighted by atomic mass is 32.2. The number of nitrogens with zero attached hydrogens (tertiary/aromatic N) is 2. The normalized spacial score (nSPS) is 21.7. The van der Waals surface area contributed by atoms with E-state index in [-0.39, 0.29) is 30.8 Å². The second-order valence-corrected chi connectivity index (χ2v) is 8.28. The first-order valence-electron chi connectivity index (χ1n) is 9.27. The summed E-state index contributed by atoms with van der Waals surface area (Å²) in [7, 11) is 0. The van der Waals surface area contributed by atoms with Gasteiger partial charge in [0.2, 0.25) is 5.91 Å². The van der Waals surface area contributed by atoms with Gasteiger partial charge in [0.05, 0.1) is 5.69 Å². The Hall–Kier alpha value is -2.02. The van der Waals surface area contributed by atoms with E-state index < -0.39 is 5.54 Å². The molecule has 0 unspecified atom stereocenters. The summed E-state index contributed by atoms with van der Waals surface area (Å²) in [5.41, 5.74) is 0.232. The first kappa shape index (κ1) is 17.4. The van der Waals surface area contributed by atoms with Gasteiger partial charge in [-0.25, -0.2) is 4.79 Å². The SMILES string of the molecule is O=C1NC2(CCCC2)C(=O)N1CCC(=O)N1CCCSc2ccccc21. The lowest BCUT2D eigenvalue weighted by Gasteiger charge is -2.24. The van der Waals surface area contributed by atoms with E-state index in [0.717, 1.165) is 35.6 Å². The maximum absolute atomic E-state index is 12.8. The Morgan fingerprint density at radius 2 is 1.92 bits per heavy atom. The fourth-order valence-corrected chi connectivity index (χ4v) is 5.12. The summed E-state index contributed by atoms with van der Waals surface area (Å²) in [6.45, 7) is 0.823. The van der Waals surface area contributed by atoms with Crippen molar-refractivity contribution in [1.29, 1.82) is 0 Å². The predicted molar refractivity (Wildman–Crippen MR) is 100 cm³/mol. The number of nitrogens with one attached hydrogen (secondary N) is 1. The van der Waals surface area contributed by atoms with E-state index >= 15 is 0 Å². The molecule has 0 atom stereocenters. The van der Waals surface area contributed by atoms with Crippen molar-refractivity contribution < 1.29 is 14.4 Å². The highest BCUT2D eigenvalue weighted by Gasteiger charge is 2.52. The number of rotatable bonds is 3. The molecule has 1 spiro atoms. The van der Waals surface area contributed by atoms with Gasteiger partial charge in [-0.3, -0.25) is 14.5 Å². The topological polar surface area (TPSA) is 69.7 Å². The van der Waals surface area contributed by atoms with Crippen LogP contribution in [-0.2, 0) is 9.59 Å². The number of carbonyl (C=O) groups is 3. The molecular formula is C19H23N3O3S. The van der Waals surface area contributed by atoms with Crippen molar-refractivity contribution in [3.63, 3.8) is 0 Å². The second kappa shape index (κ2) is 6.95. The third-order valence-electron chi connectivity index (χ3n) is 5.49. The molecule has 6 nitrogen and oxygen atoms in total. The minimum atomic E-state index is -0.702. The third-order valence-corrected chi connectivity index (χ3v) is 6.64. The Morgan fingerprint density at radius 3 is 2.73 bits per heavy atom. The number of urea groups is 1. The summed E-state index contributed by atoms with van der Waals surface area (Å²) in [4.78, 5) is 41.9. The van der Waals surface area contributed by atoms with Crippen molar-refractivity contribution in [3.8, 4) is 0 Å². The second-order valence-electron chi connectivity index (χ2n) is 7.14. The molecule has 1 aromatic carbocycles. The zero-order valence-corrected chi connectivity index (χ0v) is 15.5. The van der Waals surface area contributed by atoms with Crippen molar-refractivity contribution in [2.45, 2.75) is 49.0 Å². The van der Waals surface area contributed by atoms with Gasteiger partial charge in [-0.05, 0) is 37.1 Å². The molecule has 2 aliphatic heterocycles. The van der Waals surface area contributed by atoms with Crippen LogP contribution in [0, 0.1) is 0 Å². The number of fused-ring (bicyclic) bond motifs is 1. The third kappa shape index (κ3) is 2.98. The zero-order valence-electron chi connectivity index (χ0n) is 14.7. The summed E-state index contributed by atoms with van der Waals surface area (Å²) < 4.78 is 0. The van der Waals surface area contributed by atoms with Crippen LogP contribution in [0.5, 0.6) is 0 Å². The fourth-order valence-electron chi connectivity index (χ4n) is 4.13. The molecule has 2 fully saturated rings. The fraction of sp³-hybridized carbons (Fsp3) is 0.526. The van der Waals surface area contributed by atoms with Gasteiger partial charge in [0.1, 0.15) is 5.54 Å². The number of hydrogen-bond acceptors (Lipinski definition) is 4. The molecule has 0 radical (unpaired) electrons. The Bertz CT molecular complexity index is 745. The van der Waals surface area contributed by atoms with Crippen LogP contribution in [0.2, 0.25) is 0 Å². The van der Waals surface area contributed by atoms with Crippen LogP contribution in [0.4, 0.5) is 10.5 Å². The lowest BCUT2D eigenvalue weighted by atomic mass is 9.98. The molecule has 7 heteroatoms. The molecule has 1 N–H and O–H groups in total. The number of thioether (sulfide) groups is 1. The van der Waals surface area contributed by atoms with E-state index in [1.165, 1.54) is 4.90 Å². The smallest absolute Gasteiger partial charge is 0.323 e. The van der Waals surface area contributed by atoms with E-state index in [1.807, 2.05) is 24.3 Å². The molecule has 0 bridgehead atoms. The highest BCUT2D eigenvalue weighted by Crippen LogP contribution is 2.36. The molecular weight excluding hydrogens is 350 g/mol. The number of hydrogen-bond donors (Lipinski definition) is 1. The molecule has 1 saturated carbocycles. The summed E-state index contributed by atoms with van der Waals surface area (Å²) in [6, 6.07) is 7.57. The molecule has 3 aliphatic rings. The monoisotopic (exact) mass is 373 g/mol. The Labute approximate surface area is 157 Å². The van der Waals surface area contributed by atoms with Crippen molar-refractivity contribution in [1.82, 2.24) is 10.2 Å². The van der Waals surface area contributed by atoms with Crippen molar-refractivity contribution in [3.05, 3.63) is 24.3 Å². The molecule has 26 heavy (non-hydrogen) atoms. The van der Waals surface area contributed by atoms with Crippen LogP contribution in [-0.4, -0.2) is 47.1 Å². The number of amides is 4. The van der Waals surface area contributed by atoms with Gasteiger partial charge in [-0.1, -0.05) is 25.0 Å². The van der Waals surface area contributed by atoms with E-state index in [2.05, 4.69) is 5.32 Å². The summed E-state index contributed by atoms with van der Waals surface area (Å²) in [5.74, 6) is 0.795. The minimum Gasteiger partial charge on any atom is -0.323 e. The quantitative estimate of drug-likeness (QED) is 0.827. The summed E-state index contributed by atoms with van der Waals surface area (Å²) in [6.07, 6.45) is 4.42. The molecule has 1 aromatic rings. The van der Waals surface area contributed by atoms with Gasteiger partial charge in [0.15, 0.2) is 0 Å². The molecule has 1 saturated heterocycles.